The molecule has 1 amide bonds. The Labute approximate surface area is 155 Å². The van der Waals surface area contributed by atoms with Gasteiger partial charge in [-0.2, -0.15) is 5.26 Å². The van der Waals surface area contributed by atoms with Crippen LogP contribution in [-0.4, -0.2) is 52.5 Å². The van der Waals surface area contributed by atoms with Crippen molar-refractivity contribution in [3.63, 3.8) is 0 Å². The van der Waals surface area contributed by atoms with Gasteiger partial charge in [0.1, 0.15) is 11.6 Å². The van der Waals surface area contributed by atoms with Crippen LogP contribution in [0, 0.1) is 28.1 Å². The lowest BCUT2D eigenvalue weighted by atomic mass is 9.65. The van der Waals surface area contributed by atoms with Gasteiger partial charge in [-0.25, -0.2) is 0 Å². The summed E-state index contributed by atoms with van der Waals surface area (Å²) in [5, 5.41) is 18.6. The minimum absolute atomic E-state index is 0.174. The molecule has 1 saturated carbocycles. The van der Waals surface area contributed by atoms with E-state index in [9.17, 15) is 14.9 Å². The van der Waals surface area contributed by atoms with Crippen molar-refractivity contribution in [1.82, 2.24) is 9.80 Å². The van der Waals surface area contributed by atoms with Gasteiger partial charge in [0.15, 0.2) is 0 Å². The molecule has 6 heteroatoms. The van der Waals surface area contributed by atoms with Gasteiger partial charge in [-0.15, -0.1) is 0 Å². The summed E-state index contributed by atoms with van der Waals surface area (Å²) in [5.41, 5.74) is 0.704. The Morgan fingerprint density at radius 3 is 2.42 bits per heavy atom. The van der Waals surface area contributed by atoms with Crippen LogP contribution in [-0.2, 0) is 9.59 Å². The van der Waals surface area contributed by atoms with Gasteiger partial charge in [-0.1, -0.05) is 20.8 Å². The number of carbonyl (C=O) groups is 2. The maximum atomic E-state index is 12.8. The van der Waals surface area contributed by atoms with Gasteiger partial charge in [0.2, 0.25) is 0 Å². The van der Waals surface area contributed by atoms with E-state index in [1.165, 1.54) is 6.42 Å². The SMILES string of the molecule is CC1(C)CC2CC(C)(CN2/C=C(/C#N)C(=O)N2CCC(C(=O)O)CC2)C1. The molecular weight excluding hydrogens is 330 g/mol. The molecule has 2 saturated heterocycles. The highest BCUT2D eigenvalue weighted by Gasteiger charge is 2.49. The minimum Gasteiger partial charge on any atom is -0.481 e. The number of nitrogens with zero attached hydrogens (tertiary/aromatic N) is 3. The number of nitriles is 1. The smallest absolute Gasteiger partial charge is 0.306 e. The number of aliphatic carboxylic acids is 1. The van der Waals surface area contributed by atoms with Gasteiger partial charge in [0, 0.05) is 31.9 Å². The van der Waals surface area contributed by atoms with E-state index in [0.717, 1.165) is 19.4 Å². The van der Waals surface area contributed by atoms with E-state index in [4.69, 9.17) is 5.11 Å². The number of rotatable bonds is 3. The topological polar surface area (TPSA) is 84.6 Å². The van der Waals surface area contributed by atoms with Crippen LogP contribution in [0.3, 0.4) is 0 Å². The first-order valence-electron chi connectivity index (χ1n) is 9.52. The zero-order valence-electron chi connectivity index (χ0n) is 16.0. The summed E-state index contributed by atoms with van der Waals surface area (Å²) in [6, 6.07) is 2.47. The Morgan fingerprint density at radius 1 is 1.19 bits per heavy atom. The van der Waals surface area contributed by atoms with Crippen LogP contribution in [0.2, 0.25) is 0 Å². The predicted octanol–water partition coefficient (Wildman–Crippen LogP) is 2.62. The van der Waals surface area contributed by atoms with Crippen molar-refractivity contribution in [3.05, 3.63) is 11.8 Å². The van der Waals surface area contributed by atoms with Gasteiger partial charge in [-0.3, -0.25) is 9.59 Å². The first-order valence-corrected chi connectivity index (χ1v) is 9.52. The summed E-state index contributed by atoms with van der Waals surface area (Å²) in [6.07, 6.45) is 6.04. The van der Waals surface area contributed by atoms with Gasteiger partial charge in [0.05, 0.1) is 5.92 Å². The normalized spacial score (nSPS) is 31.6. The monoisotopic (exact) mass is 359 g/mol. The van der Waals surface area contributed by atoms with Gasteiger partial charge in [-0.05, 0) is 42.9 Å². The minimum atomic E-state index is -0.798. The molecule has 0 aromatic heterocycles. The first kappa shape index (κ1) is 18.8. The second-order valence-corrected chi connectivity index (χ2v) is 9.45. The average Bonchev–Trinajstić information content (AvgIpc) is 2.80. The molecule has 2 unspecified atom stereocenters. The van der Waals surface area contributed by atoms with E-state index < -0.39 is 5.97 Å². The van der Waals surface area contributed by atoms with Crippen LogP contribution >= 0.6 is 0 Å². The van der Waals surface area contributed by atoms with Gasteiger partial charge >= 0.3 is 5.97 Å². The summed E-state index contributed by atoms with van der Waals surface area (Å²) in [6.45, 7) is 8.60. The largest absolute Gasteiger partial charge is 0.481 e. The standard InChI is InChI=1S/C20H29N3O3/c1-19(2)8-16-9-20(3,12-19)13-23(16)11-15(10-21)17(24)22-6-4-14(5-7-22)18(25)26/h11,14,16H,4-9,12-13H2,1-3H3,(H,25,26)/b15-11-. The molecule has 26 heavy (non-hydrogen) atoms. The van der Waals surface area contributed by atoms with Crippen molar-refractivity contribution < 1.29 is 14.7 Å². The van der Waals surface area contributed by atoms with E-state index in [-0.39, 0.29) is 28.2 Å². The van der Waals surface area contributed by atoms with Crippen LogP contribution in [0.25, 0.3) is 0 Å². The van der Waals surface area contributed by atoms with Crippen LogP contribution in [0.1, 0.15) is 52.9 Å². The lowest BCUT2D eigenvalue weighted by Crippen LogP contribution is -2.41. The molecule has 3 aliphatic rings. The quantitative estimate of drug-likeness (QED) is 0.618. The van der Waals surface area contributed by atoms with E-state index in [1.807, 2.05) is 0 Å². The third kappa shape index (κ3) is 3.72. The molecule has 1 N–H and O–H groups in total. The number of carboxylic acid groups (broad SMARTS) is 1. The Morgan fingerprint density at radius 2 is 1.85 bits per heavy atom. The van der Waals surface area contributed by atoms with Gasteiger partial charge in [0.25, 0.3) is 5.91 Å². The molecule has 0 aromatic carbocycles. The second kappa shape index (κ2) is 6.61. The van der Waals surface area contributed by atoms with E-state index in [0.29, 0.717) is 32.0 Å². The van der Waals surface area contributed by atoms with Gasteiger partial charge < -0.3 is 14.9 Å². The average molecular weight is 359 g/mol. The Hall–Kier alpha value is -2.03. The van der Waals surface area contributed by atoms with Crippen molar-refractivity contribution in [1.29, 1.82) is 5.26 Å². The molecule has 3 rings (SSSR count). The maximum absolute atomic E-state index is 12.8. The van der Waals surface area contributed by atoms with E-state index in [1.54, 1.807) is 11.1 Å². The molecule has 0 spiro atoms. The molecule has 2 heterocycles. The lowest BCUT2D eigenvalue weighted by Gasteiger charge is -2.39. The summed E-state index contributed by atoms with van der Waals surface area (Å²) < 4.78 is 0. The number of carbonyl (C=O) groups excluding carboxylic acids is 1. The van der Waals surface area contributed by atoms with Crippen LogP contribution < -0.4 is 0 Å². The summed E-state index contributed by atoms with van der Waals surface area (Å²) >= 11 is 0. The fourth-order valence-electron chi connectivity index (χ4n) is 5.45. The number of carboxylic acids is 1. The molecule has 142 valence electrons. The summed E-state index contributed by atoms with van der Waals surface area (Å²) in [4.78, 5) is 27.7. The molecule has 2 bridgehead atoms. The van der Waals surface area contributed by atoms with Crippen molar-refractivity contribution in [2.24, 2.45) is 16.7 Å². The summed E-state index contributed by atoms with van der Waals surface area (Å²) in [5.74, 6) is -1.44. The fourth-order valence-corrected chi connectivity index (χ4v) is 5.45. The van der Waals surface area contributed by atoms with Crippen molar-refractivity contribution >= 4 is 11.9 Å². The Bertz CT molecular complexity index is 670. The highest BCUT2D eigenvalue weighted by molar-refractivity contribution is 5.97. The predicted molar refractivity (Wildman–Crippen MR) is 96.9 cm³/mol. The molecule has 3 fully saturated rings. The zero-order valence-corrected chi connectivity index (χ0v) is 16.0. The number of piperidine rings is 1. The number of hydrogen-bond donors (Lipinski definition) is 1. The molecule has 2 atom stereocenters. The van der Waals surface area contributed by atoms with Crippen LogP contribution in [0.5, 0.6) is 0 Å². The number of likely N-dealkylation sites (tertiary alicyclic amines) is 2. The number of hydrogen-bond acceptors (Lipinski definition) is 4. The molecular formula is C20H29N3O3. The highest BCUT2D eigenvalue weighted by Crippen LogP contribution is 2.52. The lowest BCUT2D eigenvalue weighted by molar-refractivity contribution is -0.145. The van der Waals surface area contributed by atoms with Crippen molar-refractivity contribution in [2.75, 3.05) is 19.6 Å². The second-order valence-electron chi connectivity index (χ2n) is 9.45. The molecule has 0 aromatic rings. The molecule has 2 aliphatic heterocycles. The van der Waals surface area contributed by atoms with E-state index in [2.05, 4.69) is 31.7 Å². The maximum Gasteiger partial charge on any atom is 0.306 e. The molecule has 6 nitrogen and oxygen atoms in total. The van der Waals surface area contributed by atoms with Crippen molar-refractivity contribution in [2.45, 2.75) is 58.9 Å². The number of amides is 1. The fraction of sp³-hybridized carbons (Fsp3) is 0.750. The number of fused-ring (bicyclic) bond motifs is 2. The third-order valence-corrected chi connectivity index (χ3v) is 6.23. The summed E-state index contributed by atoms with van der Waals surface area (Å²) in [7, 11) is 0. The van der Waals surface area contributed by atoms with Crippen LogP contribution in [0.15, 0.2) is 11.8 Å². The van der Waals surface area contributed by atoms with Crippen LogP contribution in [0.4, 0.5) is 0 Å². The third-order valence-electron chi connectivity index (χ3n) is 6.23. The van der Waals surface area contributed by atoms with Crippen molar-refractivity contribution in [3.8, 4) is 6.07 Å². The zero-order chi connectivity index (χ0) is 19.1. The Kier molecular flexibility index (Phi) is 4.76. The highest BCUT2D eigenvalue weighted by atomic mass is 16.4. The molecule has 1 aliphatic carbocycles. The van der Waals surface area contributed by atoms with E-state index >= 15 is 0 Å². The Balaban J connectivity index is 1.70. The first-order chi connectivity index (χ1) is 12.1. The molecule has 0 radical (unpaired) electrons.